The van der Waals surface area contributed by atoms with Gasteiger partial charge in [0.25, 0.3) is 0 Å². The molecule has 0 aromatic heterocycles. The first-order chi connectivity index (χ1) is 7.53. The van der Waals surface area contributed by atoms with Crippen LogP contribution in [0.5, 0.6) is 0 Å². The van der Waals surface area contributed by atoms with E-state index in [1.807, 2.05) is 19.9 Å². The number of hydrogen-bond acceptors (Lipinski definition) is 3. The van der Waals surface area contributed by atoms with Crippen molar-refractivity contribution in [1.29, 1.82) is 0 Å². The van der Waals surface area contributed by atoms with Crippen LogP contribution in [-0.4, -0.2) is 29.5 Å². The molecule has 0 aromatic carbocycles. The third kappa shape index (κ3) is 2.45. The Labute approximate surface area is 95.1 Å². The Kier molecular flexibility index (Phi) is 3.77. The molecular formula is C12H16N2O2. The number of carboxylic acid groups (broad SMARTS) is 1. The third-order valence-corrected chi connectivity index (χ3v) is 2.48. The summed E-state index contributed by atoms with van der Waals surface area (Å²) in [6, 6.07) is 0. The topological polar surface area (TPSA) is 62.0 Å². The fourth-order valence-electron chi connectivity index (χ4n) is 1.35. The molecule has 0 amide bonds. The lowest BCUT2D eigenvalue weighted by atomic mass is 9.88. The zero-order chi connectivity index (χ0) is 12.2. The standard InChI is InChI=1S/C12H16N2O2/c1-4-9(13-5-2)10-6-7-12(3,8-14-10)11(15)16/h4-7H,8H2,1-3H3,(H,15,16)/b9-4-,13-5?. The van der Waals surface area contributed by atoms with Gasteiger partial charge in [0.15, 0.2) is 0 Å². The van der Waals surface area contributed by atoms with E-state index >= 15 is 0 Å². The van der Waals surface area contributed by atoms with Crippen LogP contribution in [0.15, 0.2) is 33.9 Å². The summed E-state index contributed by atoms with van der Waals surface area (Å²) in [5.41, 5.74) is 0.615. The summed E-state index contributed by atoms with van der Waals surface area (Å²) in [4.78, 5) is 19.4. The summed E-state index contributed by atoms with van der Waals surface area (Å²) in [5.74, 6) is -0.854. The van der Waals surface area contributed by atoms with Gasteiger partial charge >= 0.3 is 5.97 Å². The van der Waals surface area contributed by atoms with E-state index in [1.165, 1.54) is 0 Å². The van der Waals surface area contributed by atoms with Gasteiger partial charge in [0, 0.05) is 6.21 Å². The highest BCUT2D eigenvalue weighted by molar-refractivity contribution is 6.09. The quantitative estimate of drug-likeness (QED) is 0.740. The largest absolute Gasteiger partial charge is 0.481 e. The number of carboxylic acids is 1. The van der Waals surface area contributed by atoms with Crippen LogP contribution in [0.3, 0.4) is 0 Å². The predicted molar refractivity (Wildman–Crippen MR) is 65.1 cm³/mol. The number of rotatable bonds is 3. The molecule has 0 fully saturated rings. The highest BCUT2D eigenvalue weighted by Gasteiger charge is 2.32. The second-order valence-electron chi connectivity index (χ2n) is 3.82. The van der Waals surface area contributed by atoms with E-state index < -0.39 is 11.4 Å². The van der Waals surface area contributed by atoms with Crippen molar-refractivity contribution in [2.24, 2.45) is 15.4 Å². The number of nitrogens with zero attached hydrogens (tertiary/aromatic N) is 2. The minimum Gasteiger partial charge on any atom is -0.481 e. The first-order valence-corrected chi connectivity index (χ1v) is 5.16. The summed E-state index contributed by atoms with van der Waals surface area (Å²) in [5, 5.41) is 9.02. The minimum absolute atomic E-state index is 0.255. The first-order valence-electron chi connectivity index (χ1n) is 5.16. The van der Waals surface area contributed by atoms with Gasteiger partial charge in [0.1, 0.15) is 5.41 Å². The lowest BCUT2D eigenvalue weighted by Gasteiger charge is -2.22. The van der Waals surface area contributed by atoms with Gasteiger partial charge in [-0.1, -0.05) is 12.2 Å². The van der Waals surface area contributed by atoms with Gasteiger partial charge in [0.2, 0.25) is 0 Å². The molecular weight excluding hydrogens is 204 g/mol. The number of aliphatic carboxylic acids is 1. The average molecular weight is 220 g/mol. The van der Waals surface area contributed by atoms with E-state index in [1.54, 1.807) is 25.3 Å². The van der Waals surface area contributed by atoms with Crippen molar-refractivity contribution in [2.45, 2.75) is 20.8 Å². The molecule has 0 saturated carbocycles. The molecule has 86 valence electrons. The molecule has 1 rings (SSSR count). The maximum atomic E-state index is 11.0. The summed E-state index contributed by atoms with van der Waals surface area (Å²) >= 11 is 0. The van der Waals surface area contributed by atoms with Crippen LogP contribution >= 0.6 is 0 Å². The Morgan fingerprint density at radius 1 is 1.62 bits per heavy atom. The first kappa shape index (κ1) is 12.4. The van der Waals surface area contributed by atoms with E-state index in [4.69, 9.17) is 5.11 Å². The SMILES string of the molecule is CC=N/C(=C\C)C1=NCC(C)(C(=O)O)C=C1. The molecule has 1 aliphatic rings. The molecule has 1 heterocycles. The molecule has 1 atom stereocenters. The van der Waals surface area contributed by atoms with Crippen LogP contribution in [0.1, 0.15) is 20.8 Å². The lowest BCUT2D eigenvalue weighted by molar-refractivity contribution is -0.144. The van der Waals surface area contributed by atoms with Crippen molar-refractivity contribution < 1.29 is 9.90 Å². The van der Waals surface area contributed by atoms with Gasteiger partial charge in [0.05, 0.1) is 18.0 Å². The number of hydrogen-bond donors (Lipinski definition) is 1. The van der Waals surface area contributed by atoms with Crippen molar-refractivity contribution >= 4 is 17.9 Å². The van der Waals surface area contributed by atoms with E-state index in [0.29, 0.717) is 0 Å². The molecule has 0 bridgehead atoms. The molecule has 1 N–H and O–H groups in total. The Bertz CT molecular complexity index is 405. The van der Waals surface area contributed by atoms with Gasteiger partial charge < -0.3 is 5.11 Å². The van der Waals surface area contributed by atoms with Crippen LogP contribution in [-0.2, 0) is 4.79 Å². The second-order valence-corrected chi connectivity index (χ2v) is 3.82. The molecule has 1 unspecified atom stereocenters. The molecule has 0 aliphatic carbocycles. The number of carbonyl (C=O) groups is 1. The van der Waals surface area contributed by atoms with Gasteiger partial charge in [-0.05, 0) is 26.8 Å². The maximum Gasteiger partial charge on any atom is 0.315 e. The summed E-state index contributed by atoms with van der Waals surface area (Å²) in [6.45, 7) is 5.62. The Morgan fingerprint density at radius 3 is 2.69 bits per heavy atom. The molecule has 0 saturated heterocycles. The summed E-state index contributed by atoms with van der Waals surface area (Å²) in [6.07, 6.45) is 6.94. The summed E-state index contributed by atoms with van der Waals surface area (Å²) in [7, 11) is 0. The lowest BCUT2D eigenvalue weighted by Crippen LogP contribution is -2.31. The molecule has 0 aromatic rings. The van der Waals surface area contributed by atoms with Crippen molar-refractivity contribution in [3.05, 3.63) is 23.9 Å². The highest BCUT2D eigenvalue weighted by atomic mass is 16.4. The van der Waals surface area contributed by atoms with Crippen LogP contribution in [0, 0.1) is 5.41 Å². The monoisotopic (exact) mass is 220 g/mol. The molecule has 0 radical (unpaired) electrons. The zero-order valence-electron chi connectivity index (χ0n) is 9.77. The van der Waals surface area contributed by atoms with Crippen molar-refractivity contribution in [3.63, 3.8) is 0 Å². The number of dihydropyridines is 1. The molecule has 16 heavy (non-hydrogen) atoms. The number of allylic oxidation sites excluding steroid dienone is 2. The Hall–Kier alpha value is -1.71. The molecule has 1 aliphatic heterocycles. The van der Waals surface area contributed by atoms with E-state index in [-0.39, 0.29) is 6.54 Å². The van der Waals surface area contributed by atoms with Crippen molar-refractivity contribution in [2.75, 3.05) is 6.54 Å². The number of aliphatic imine (C=N–C) groups is 2. The van der Waals surface area contributed by atoms with E-state index in [0.717, 1.165) is 11.4 Å². The predicted octanol–water partition coefficient (Wildman–Crippen LogP) is 2.08. The van der Waals surface area contributed by atoms with E-state index in [9.17, 15) is 4.79 Å². The average Bonchev–Trinajstić information content (AvgIpc) is 2.27. The Balaban J connectivity index is 2.90. The highest BCUT2D eigenvalue weighted by Crippen LogP contribution is 2.24. The normalized spacial score (nSPS) is 25.9. The molecule has 4 nitrogen and oxygen atoms in total. The van der Waals surface area contributed by atoms with Gasteiger partial charge in [-0.25, -0.2) is 0 Å². The summed E-state index contributed by atoms with van der Waals surface area (Å²) < 4.78 is 0. The molecule has 4 heteroatoms. The Morgan fingerprint density at radius 2 is 2.31 bits per heavy atom. The minimum atomic E-state index is -0.891. The second kappa shape index (κ2) is 4.88. The fourth-order valence-corrected chi connectivity index (χ4v) is 1.35. The van der Waals surface area contributed by atoms with Gasteiger partial charge in [-0.2, -0.15) is 0 Å². The van der Waals surface area contributed by atoms with Crippen molar-refractivity contribution in [3.8, 4) is 0 Å². The smallest absolute Gasteiger partial charge is 0.315 e. The maximum absolute atomic E-state index is 11.0. The van der Waals surface area contributed by atoms with E-state index in [2.05, 4.69) is 9.98 Å². The van der Waals surface area contributed by atoms with Crippen molar-refractivity contribution in [1.82, 2.24) is 0 Å². The van der Waals surface area contributed by atoms with Gasteiger partial charge in [-0.3, -0.25) is 14.8 Å². The fraction of sp³-hybridized carbons (Fsp3) is 0.417. The van der Waals surface area contributed by atoms with Crippen LogP contribution in [0.2, 0.25) is 0 Å². The van der Waals surface area contributed by atoms with Crippen LogP contribution in [0.25, 0.3) is 0 Å². The van der Waals surface area contributed by atoms with Crippen LogP contribution < -0.4 is 0 Å². The van der Waals surface area contributed by atoms with Gasteiger partial charge in [-0.15, -0.1) is 0 Å². The van der Waals surface area contributed by atoms with Crippen LogP contribution in [0.4, 0.5) is 0 Å². The molecule has 0 spiro atoms. The zero-order valence-corrected chi connectivity index (χ0v) is 9.77. The third-order valence-electron chi connectivity index (χ3n) is 2.48.